The van der Waals surface area contributed by atoms with E-state index in [0.717, 1.165) is 10.7 Å². The topological polar surface area (TPSA) is 67.7 Å². The number of aryl methyl sites for hydroxylation is 1. The van der Waals surface area contributed by atoms with Gasteiger partial charge in [-0.25, -0.2) is 4.79 Å². The number of carbonyl (C=O) groups excluding carboxylic acids is 2. The first-order valence-electron chi connectivity index (χ1n) is 6.94. The fraction of sp³-hybridized carbons (Fsp3) is 0.615. The van der Waals surface area contributed by atoms with Gasteiger partial charge in [0.05, 0.1) is 13.0 Å². The number of aromatic nitrogens is 2. The zero-order valence-electron chi connectivity index (χ0n) is 12.8. The number of carbonyl (C=O) groups is 2. The van der Waals surface area contributed by atoms with Crippen molar-refractivity contribution >= 4 is 12.0 Å². The number of hydrogen-bond acceptors (Lipinski definition) is 4. The van der Waals surface area contributed by atoms with Crippen molar-refractivity contribution in [3.8, 4) is 0 Å². The van der Waals surface area contributed by atoms with Crippen molar-refractivity contribution in [2.24, 2.45) is 7.05 Å². The number of halogens is 3. The minimum absolute atomic E-state index is 0.176. The van der Waals surface area contributed by atoms with Crippen molar-refractivity contribution < 1.29 is 27.5 Å². The maximum Gasteiger partial charge on any atom is 0.435 e. The van der Waals surface area contributed by atoms with Crippen molar-refractivity contribution in [2.75, 3.05) is 33.3 Å². The van der Waals surface area contributed by atoms with Gasteiger partial charge in [-0.1, -0.05) is 0 Å². The molecule has 2 heterocycles. The average molecular weight is 334 g/mol. The molecule has 0 saturated carbocycles. The van der Waals surface area contributed by atoms with Crippen LogP contribution in [0.5, 0.6) is 0 Å². The van der Waals surface area contributed by atoms with Gasteiger partial charge in [0.25, 0.3) is 0 Å². The molecule has 2 rings (SSSR count). The molecule has 2 amide bonds. The van der Waals surface area contributed by atoms with Crippen molar-refractivity contribution in [3.05, 3.63) is 17.5 Å². The molecule has 23 heavy (non-hydrogen) atoms. The third-order valence-corrected chi connectivity index (χ3v) is 3.58. The average Bonchev–Trinajstić information content (AvgIpc) is 3.02. The highest BCUT2D eigenvalue weighted by atomic mass is 19.4. The summed E-state index contributed by atoms with van der Waals surface area (Å²) in [5, 5.41) is 3.36. The van der Waals surface area contributed by atoms with E-state index in [0.29, 0.717) is 19.7 Å². The summed E-state index contributed by atoms with van der Waals surface area (Å²) in [6, 6.07) is 0.865. The zero-order valence-corrected chi connectivity index (χ0v) is 12.8. The molecule has 128 valence electrons. The molecule has 0 spiro atoms. The third-order valence-electron chi connectivity index (χ3n) is 3.58. The van der Waals surface area contributed by atoms with E-state index in [1.165, 1.54) is 23.9 Å². The smallest absolute Gasteiger partial charge is 0.435 e. The number of alkyl halides is 3. The fourth-order valence-electron chi connectivity index (χ4n) is 2.12. The van der Waals surface area contributed by atoms with Crippen LogP contribution in [0.4, 0.5) is 18.0 Å². The lowest BCUT2D eigenvalue weighted by Gasteiger charge is -2.20. The number of hydrogen-bond donors (Lipinski definition) is 0. The molecular formula is C13H17F3N4O3. The van der Waals surface area contributed by atoms with Gasteiger partial charge in [-0.3, -0.25) is 9.48 Å². The third kappa shape index (κ3) is 4.14. The SMILES string of the molecule is CN(CCN1CCOC1=O)C(=O)Cc1cc(C(F)(F)F)nn1C. The highest BCUT2D eigenvalue weighted by molar-refractivity contribution is 5.78. The molecule has 0 unspecified atom stereocenters. The van der Waals surface area contributed by atoms with E-state index in [1.54, 1.807) is 0 Å². The summed E-state index contributed by atoms with van der Waals surface area (Å²) in [7, 11) is 2.89. The lowest BCUT2D eigenvalue weighted by Crippen LogP contribution is -2.37. The normalized spacial score (nSPS) is 15.0. The first kappa shape index (κ1) is 17.1. The first-order valence-corrected chi connectivity index (χ1v) is 6.94. The van der Waals surface area contributed by atoms with Crippen LogP contribution >= 0.6 is 0 Å². The van der Waals surface area contributed by atoms with Crippen LogP contribution in [0, 0.1) is 0 Å². The largest absolute Gasteiger partial charge is 0.448 e. The standard InChI is InChI=1S/C13H17F3N4O3/c1-18(3-4-20-5-6-23-12(20)22)11(21)8-9-7-10(13(14,15)16)17-19(9)2/h7H,3-6,8H2,1-2H3. The highest BCUT2D eigenvalue weighted by Crippen LogP contribution is 2.28. The molecule has 1 saturated heterocycles. The number of ether oxygens (including phenoxy) is 1. The molecular weight excluding hydrogens is 317 g/mol. The summed E-state index contributed by atoms with van der Waals surface area (Å²) in [4.78, 5) is 26.2. The van der Waals surface area contributed by atoms with Crippen molar-refractivity contribution in [2.45, 2.75) is 12.6 Å². The Morgan fingerprint density at radius 1 is 1.48 bits per heavy atom. The van der Waals surface area contributed by atoms with Crippen molar-refractivity contribution in [1.82, 2.24) is 19.6 Å². The van der Waals surface area contributed by atoms with Gasteiger partial charge in [-0.15, -0.1) is 0 Å². The van der Waals surface area contributed by atoms with Gasteiger partial charge in [-0.05, 0) is 6.07 Å². The summed E-state index contributed by atoms with van der Waals surface area (Å²) in [6.45, 7) is 1.39. The molecule has 0 bridgehead atoms. The van der Waals surface area contributed by atoms with Crippen molar-refractivity contribution in [3.63, 3.8) is 0 Å². The molecule has 0 atom stereocenters. The second-order valence-electron chi connectivity index (χ2n) is 5.24. The molecule has 1 aliphatic rings. The molecule has 0 aliphatic carbocycles. The Morgan fingerprint density at radius 3 is 2.70 bits per heavy atom. The van der Waals surface area contributed by atoms with Crippen LogP contribution in [0.2, 0.25) is 0 Å². The zero-order chi connectivity index (χ0) is 17.2. The van der Waals surface area contributed by atoms with Gasteiger partial charge in [0, 0.05) is 32.9 Å². The van der Waals surface area contributed by atoms with E-state index < -0.39 is 18.0 Å². The second-order valence-corrected chi connectivity index (χ2v) is 5.24. The minimum Gasteiger partial charge on any atom is -0.448 e. The van der Waals surface area contributed by atoms with Crippen LogP contribution in [0.1, 0.15) is 11.4 Å². The molecule has 7 nitrogen and oxygen atoms in total. The Kier molecular flexibility index (Phi) is 4.81. The molecule has 0 N–H and O–H groups in total. The lowest BCUT2D eigenvalue weighted by molar-refractivity contribution is -0.141. The Balaban J connectivity index is 1.90. The summed E-state index contributed by atoms with van der Waals surface area (Å²) < 4.78 is 43.6. The quantitative estimate of drug-likeness (QED) is 0.802. The Labute approximate surface area is 130 Å². The van der Waals surface area contributed by atoms with Crippen LogP contribution in [0.25, 0.3) is 0 Å². The van der Waals surface area contributed by atoms with E-state index >= 15 is 0 Å². The maximum absolute atomic E-state index is 12.6. The Hall–Kier alpha value is -2.26. The Bertz CT molecular complexity index is 600. The van der Waals surface area contributed by atoms with E-state index in [2.05, 4.69) is 5.10 Å². The number of cyclic esters (lactones) is 1. The van der Waals surface area contributed by atoms with Gasteiger partial charge in [0.1, 0.15) is 6.61 Å². The summed E-state index contributed by atoms with van der Waals surface area (Å²) in [6.07, 6.45) is -5.16. The lowest BCUT2D eigenvalue weighted by atomic mass is 10.2. The van der Waals surface area contributed by atoms with E-state index in [9.17, 15) is 22.8 Å². The van der Waals surface area contributed by atoms with Crippen LogP contribution in [-0.4, -0.2) is 64.9 Å². The van der Waals surface area contributed by atoms with E-state index in [1.807, 2.05) is 0 Å². The number of likely N-dealkylation sites (N-methyl/N-ethyl adjacent to an activating group) is 1. The van der Waals surface area contributed by atoms with E-state index in [4.69, 9.17) is 4.74 Å². The molecule has 0 radical (unpaired) electrons. The van der Waals surface area contributed by atoms with Crippen LogP contribution in [-0.2, 0) is 29.2 Å². The maximum atomic E-state index is 12.6. The Morgan fingerprint density at radius 2 is 2.17 bits per heavy atom. The molecule has 0 aromatic carbocycles. The van der Waals surface area contributed by atoms with E-state index in [-0.39, 0.29) is 24.6 Å². The van der Waals surface area contributed by atoms with Gasteiger partial charge in [0.2, 0.25) is 5.91 Å². The van der Waals surface area contributed by atoms with Crippen LogP contribution in [0.15, 0.2) is 6.07 Å². The van der Waals surface area contributed by atoms with Gasteiger partial charge >= 0.3 is 12.3 Å². The predicted molar refractivity (Wildman–Crippen MR) is 72.5 cm³/mol. The van der Waals surface area contributed by atoms with Crippen LogP contribution < -0.4 is 0 Å². The summed E-state index contributed by atoms with van der Waals surface area (Å²) in [5.74, 6) is -0.353. The first-order chi connectivity index (χ1) is 10.7. The number of amides is 2. The molecule has 10 heteroatoms. The van der Waals surface area contributed by atoms with Gasteiger partial charge in [-0.2, -0.15) is 18.3 Å². The van der Waals surface area contributed by atoms with Crippen LogP contribution in [0.3, 0.4) is 0 Å². The highest BCUT2D eigenvalue weighted by Gasteiger charge is 2.34. The molecule has 1 aromatic rings. The second kappa shape index (κ2) is 6.47. The molecule has 1 aliphatic heterocycles. The monoisotopic (exact) mass is 334 g/mol. The van der Waals surface area contributed by atoms with Crippen molar-refractivity contribution in [1.29, 1.82) is 0 Å². The molecule has 1 aromatic heterocycles. The van der Waals surface area contributed by atoms with Gasteiger partial charge < -0.3 is 14.5 Å². The molecule has 1 fully saturated rings. The summed E-state index contributed by atoms with van der Waals surface area (Å²) in [5.41, 5.74) is -0.847. The fourth-order valence-corrected chi connectivity index (χ4v) is 2.12. The predicted octanol–water partition coefficient (Wildman–Crippen LogP) is 0.892. The number of nitrogens with zero attached hydrogens (tertiary/aromatic N) is 4. The van der Waals surface area contributed by atoms with Gasteiger partial charge in [0.15, 0.2) is 5.69 Å². The minimum atomic E-state index is -4.54. The summed E-state index contributed by atoms with van der Waals surface area (Å²) >= 11 is 0. The number of rotatable bonds is 5.